The predicted octanol–water partition coefficient (Wildman–Crippen LogP) is 3.22. The molecule has 1 fully saturated rings. The summed E-state index contributed by atoms with van der Waals surface area (Å²) >= 11 is 0. The van der Waals surface area contributed by atoms with E-state index in [1.165, 1.54) is 29.7 Å². The number of anilines is 2. The number of rotatable bonds is 5. The smallest absolute Gasteiger partial charge is 0.224 e. The van der Waals surface area contributed by atoms with Crippen molar-refractivity contribution in [3.05, 3.63) is 65.1 Å². The molecular weight excluding hydrogens is 324 g/mol. The van der Waals surface area contributed by atoms with Crippen LogP contribution in [0.1, 0.15) is 41.3 Å². The van der Waals surface area contributed by atoms with Crippen LogP contribution >= 0.6 is 0 Å². The van der Waals surface area contributed by atoms with Crippen molar-refractivity contribution in [1.82, 2.24) is 19.7 Å². The summed E-state index contributed by atoms with van der Waals surface area (Å²) in [5, 5.41) is 7.92. The van der Waals surface area contributed by atoms with E-state index < -0.39 is 0 Å². The van der Waals surface area contributed by atoms with Crippen molar-refractivity contribution < 1.29 is 0 Å². The van der Waals surface area contributed by atoms with Crippen molar-refractivity contribution in [2.45, 2.75) is 38.4 Å². The lowest BCUT2D eigenvalue weighted by molar-refractivity contribution is 0.701. The molecule has 0 spiro atoms. The molecule has 26 heavy (non-hydrogen) atoms. The van der Waals surface area contributed by atoms with Gasteiger partial charge < -0.3 is 10.2 Å². The molecule has 1 aliphatic carbocycles. The lowest BCUT2D eigenvalue weighted by Crippen LogP contribution is -2.17. The van der Waals surface area contributed by atoms with Gasteiger partial charge in [-0.3, -0.25) is 4.68 Å². The van der Waals surface area contributed by atoms with Crippen LogP contribution in [0, 0.1) is 0 Å². The molecule has 0 amide bonds. The first kappa shape index (κ1) is 15.4. The highest BCUT2D eigenvalue weighted by Crippen LogP contribution is 2.40. The summed E-state index contributed by atoms with van der Waals surface area (Å²) in [5.74, 6) is 2.31. The molecular formula is C20H22N6. The summed E-state index contributed by atoms with van der Waals surface area (Å²) in [5.41, 5.74) is 5.13. The molecule has 2 aromatic heterocycles. The number of nitrogens with one attached hydrogen (secondary N) is 1. The molecule has 3 heterocycles. The minimum Gasteiger partial charge on any atom is -0.348 e. The first-order valence-electron chi connectivity index (χ1n) is 9.18. The maximum Gasteiger partial charge on any atom is 0.224 e. The summed E-state index contributed by atoms with van der Waals surface area (Å²) in [7, 11) is 2.03. The molecule has 6 nitrogen and oxygen atoms in total. The average Bonchev–Trinajstić information content (AvgIpc) is 3.30. The highest BCUT2D eigenvalue weighted by atomic mass is 15.3. The van der Waals surface area contributed by atoms with Crippen LogP contribution < -0.4 is 10.2 Å². The molecule has 3 aromatic rings. The lowest BCUT2D eigenvalue weighted by atomic mass is 10.1. The number of nitrogens with zero attached hydrogens (tertiary/aromatic N) is 5. The number of hydrogen-bond donors (Lipinski definition) is 1. The van der Waals surface area contributed by atoms with E-state index in [4.69, 9.17) is 4.98 Å². The highest BCUT2D eigenvalue weighted by molar-refractivity contribution is 5.48. The molecule has 1 aliphatic heterocycles. The summed E-state index contributed by atoms with van der Waals surface area (Å²) in [4.78, 5) is 11.3. The summed E-state index contributed by atoms with van der Waals surface area (Å²) in [6.45, 7) is 2.44. The molecule has 0 bridgehead atoms. The third-order valence-electron chi connectivity index (χ3n) is 5.20. The number of benzene rings is 1. The van der Waals surface area contributed by atoms with Gasteiger partial charge in [0.1, 0.15) is 5.82 Å². The van der Waals surface area contributed by atoms with E-state index in [1.807, 2.05) is 24.0 Å². The van der Waals surface area contributed by atoms with Crippen molar-refractivity contribution in [3.63, 3.8) is 0 Å². The maximum atomic E-state index is 4.70. The topological polar surface area (TPSA) is 58.9 Å². The van der Waals surface area contributed by atoms with Gasteiger partial charge in [0.25, 0.3) is 0 Å². The first-order chi connectivity index (χ1) is 12.8. The van der Waals surface area contributed by atoms with Crippen LogP contribution in [0.4, 0.5) is 11.8 Å². The standard InChI is InChI=1S/C20H22N6/c1-25-18(14-6-7-14)10-17(24-25)11-22-20-21-9-8-19(23-20)26-12-15-4-2-3-5-16(15)13-26/h2-5,8-10,14H,6-7,11-13H2,1H3,(H,21,22,23). The van der Waals surface area contributed by atoms with Crippen LogP contribution in [0.2, 0.25) is 0 Å². The fourth-order valence-corrected chi connectivity index (χ4v) is 3.67. The van der Waals surface area contributed by atoms with Gasteiger partial charge in [-0.25, -0.2) is 4.98 Å². The van der Waals surface area contributed by atoms with Gasteiger partial charge in [-0.15, -0.1) is 0 Å². The van der Waals surface area contributed by atoms with E-state index in [1.54, 1.807) is 0 Å². The number of hydrogen-bond acceptors (Lipinski definition) is 5. The number of aromatic nitrogens is 4. The van der Waals surface area contributed by atoms with Gasteiger partial charge in [0.2, 0.25) is 5.95 Å². The first-order valence-corrected chi connectivity index (χ1v) is 9.18. The van der Waals surface area contributed by atoms with Gasteiger partial charge in [0.15, 0.2) is 0 Å². The Morgan fingerprint density at radius 2 is 1.88 bits per heavy atom. The molecule has 0 saturated heterocycles. The Labute approximate surface area is 152 Å². The van der Waals surface area contributed by atoms with E-state index in [2.05, 4.69) is 50.6 Å². The molecule has 1 aromatic carbocycles. The highest BCUT2D eigenvalue weighted by Gasteiger charge is 2.27. The van der Waals surface area contributed by atoms with Gasteiger partial charge in [0.05, 0.1) is 12.2 Å². The summed E-state index contributed by atoms with van der Waals surface area (Å²) in [6, 6.07) is 12.7. The van der Waals surface area contributed by atoms with Crippen LogP contribution in [0.5, 0.6) is 0 Å². The van der Waals surface area contributed by atoms with E-state index in [9.17, 15) is 0 Å². The summed E-state index contributed by atoms with van der Waals surface area (Å²) in [6.07, 6.45) is 4.40. The van der Waals surface area contributed by atoms with Crippen molar-refractivity contribution in [3.8, 4) is 0 Å². The Bertz CT molecular complexity index is 918. The van der Waals surface area contributed by atoms with Crippen molar-refractivity contribution >= 4 is 11.8 Å². The zero-order chi connectivity index (χ0) is 17.5. The number of aryl methyl sites for hydroxylation is 1. The molecule has 5 rings (SSSR count). The van der Waals surface area contributed by atoms with E-state index >= 15 is 0 Å². The van der Waals surface area contributed by atoms with Crippen molar-refractivity contribution in [2.24, 2.45) is 7.05 Å². The lowest BCUT2D eigenvalue weighted by Gasteiger charge is -2.16. The second kappa shape index (κ2) is 6.12. The van der Waals surface area contributed by atoms with Crippen molar-refractivity contribution in [2.75, 3.05) is 10.2 Å². The number of fused-ring (bicyclic) bond motifs is 1. The van der Waals surface area contributed by atoms with Gasteiger partial charge >= 0.3 is 0 Å². The molecule has 6 heteroatoms. The maximum absolute atomic E-state index is 4.70. The minimum absolute atomic E-state index is 0.643. The molecule has 0 atom stereocenters. The average molecular weight is 346 g/mol. The second-order valence-corrected chi connectivity index (χ2v) is 7.18. The largest absolute Gasteiger partial charge is 0.348 e. The second-order valence-electron chi connectivity index (χ2n) is 7.18. The van der Waals surface area contributed by atoms with Gasteiger partial charge in [-0.1, -0.05) is 24.3 Å². The van der Waals surface area contributed by atoms with Crippen molar-refractivity contribution in [1.29, 1.82) is 0 Å². The normalized spacial score (nSPS) is 16.0. The van der Waals surface area contributed by atoms with Crippen LogP contribution in [0.25, 0.3) is 0 Å². The van der Waals surface area contributed by atoms with Crippen LogP contribution in [0.15, 0.2) is 42.6 Å². The quantitative estimate of drug-likeness (QED) is 0.769. The molecule has 1 saturated carbocycles. The fourth-order valence-electron chi connectivity index (χ4n) is 3.67. The summed E-state index contributed by atoms with van der Waals surface area (Å²) < 4.78 is 2.01. The zero-order valence-electron chi connectivity index (χ0n) is 14.9. The van der Waals surface area contributed by atoms with Gasteiger partial charge in [-0.05, 0) is 36.1 Å². The minimum atomic E-state index is 0.643. The molecule has 0 radical (unpaired) electrons. The zero-order valence-corrected chi connectivity index (χ0v) is 14.9. The predicted molar refractivity (Wildman–Crippen MR) is 101 cm³/mol. The SMILES string of the molecule is Cn1nc(CNc2nccc(N3Cc4ccccc4C3)n2)cc1C1CC1. The van der Waals surface area contributed by atoms with E-state index in [0.717, 1.165) is 24.6 Å². The monoisotopic (exact) mass is 346 g/mol. The van der Waals surface area contributed by atoms with E-state index in [-0.39, 0.29) is 0 Å². The Morgan fingerprint density at radius 3 is 2.62 bits per heavy atom. The molecule has 1 N–H and O–H groups in total. The molecule has 0 unspecified atom stereocenters. The Kier molecular flexibility index (Phi) is 3.62. The van der Waals surface area contributed by atoms with Crippen LogP contribution in [0.3, 0.4) is 0 Å². The molecule has 132 valence electrons. The van der Waals surface area contributed by atoms with Gasteiger partial charge in [0, 0.05) is 37.9 Å². The third kappa shape index (κ3) is 2.92. The van der Waals surface area contributed by atoms with Crippen LogP contribution in [-0.4, -0.2) is 19.7 Å². The molecule has 2 aliphatic rings. The van der Waals surface area contributed by atoms with Gasteiger partial charge in [-0.2, -0.15) is 10.1 Å². The Morgan fingerprint density at radius 1 is 1.12 bits per heavy atom. The van der Waals surface area contributed by atoms with Crippen LogP contribution in [-0.2, 0) is 26.7 Å². The van der Waals surface area contributed by atoms with E-state index in [0.29, 0.717) is 18.4 Å². The Hall–Kier alpha value is -2.89. The Balaban J connectivity index is 1.28. The third-order valence-corrected chi connectivity index (χ3v) is 5.20. The fraction of sp³-hybridized carbons (Fsp3) is 0.350.